The SMILES string of the molecule is CC(C(=O)O)c1cccc(Cc2cc(N3CCCC3=O)n(-c3cc(Oc4c(F)cc5c(ccn5COCC[Si](C)(C)C)c4F)ccc3F)n2)c1. The Morgan fingerprint density at radius 1 is 1.04 bits per heavy atom. The monoisotopic (exact) mass is 704 g/mol. The zero-order valence-corrected chi connectivity index (χ0v) is 29.4. The van der Waals surface area contributed by atoms with Crippen LogP contribution < -0.4 is 9.64 Å². The molecule has 1 saturated heterocycles. The highest BCUT2D eigenvalue weighted by molar-refractivity contribution is 6.76. The van der Waals surface area contributed by atoms with Crippen molar-refractivity contribution in [2.45, 2.75) is 64.5 Å². The van der Waals surface area contributed by atoms with Crippen molar-refractivity contribution in [1.82, 2.24) is 14.3 Å². The molecule has 0 bridgehead atoms. The first kappa shape index (κ1) is 35.0. The molecule has 1 amide bonds. The Morgan fingerprint density at radius 3 is 2.56 bits per heavy atom. The largest absolute Gasteiger partial charge is 0.481 e. The van der Waals surface area contributed by atoms with Gasteiger partial charge in [0.1, 0.15) is 29.8 Å². The van der Waals surface area contributed by atoms with Crippen molar-refractivity contribution in [1.29, 1.82) is 0 Å². The highest BCUT2D eigenvalue weighted by Gasteiger charge is 2.28. The van der Waals surface area contributed by atoms with Gasteiger partial charge in [-0.2, -0.15) is 5.10 Å². The molecule has 0 radical (unpaired) electrons. The van der Waals surface area contributed by atoms with Crippen LogP contribution in [0, 0.1) is 17.5 Å². The molecule has 6 rings (SSSR count). The first-order chi connectivity index (χ1) is 23.8. The summed E-state index contributed by atoms with van der Waals surface area (Å²) in [7, 11) is -1.30. The predicted molar refractivity (Wildman–Crippen MR) is 186 cm³/mol. The number of carbonyl (C=O) groups excluding carboxylic acids is 1. The van der Waals surface area contributed by atoms with Gasteiger partial charge in [-0.25, -0.2) is 17.9 Å². The minimum atomic E-state index is -1.30. The highest BCUT2D eigenvalue weighted by Crippen LogP contribution is 2.36. The van der Waals surface area contributed by atoms with E-state index in [4.69, 9.17) is 9.47 Å². The Bertz CT molecular complexity index is 2070. The molecule has 1 atom stereocenters. The molecule has 13 heteroatoms. The second-order valence-electron chi connectivity index (χ2n) is 13.8. The van der Waals surface area contributed by atoms with Crippen molar-refractivity contribution in [3.63, 3.8) is 0 Å². The van der Waals surface area contributed by atoms with E-state index in [0.29, 0.717) is 48.6 Å². The van der Waals surface area contributed by atoms with Crippen molar-refractivity contribution >= 4 is 36.7 Å². The fraction of sp³-hybridized carbons (Fsp3) is 0.324. The lowest BCUT2D eigenvalue weighted by molar-refractivity contribution is -0.138. The minimum Gasteiger partial charge on any atom is -0.481 e. The maximum absolute atomic E-state index is 15.7. The van der Waals surface area contributed by atoms with E-state index in [-0.39, 0.29) is 35.9 Å². The third-order valence-corrected chi connectivity index (χ3v) is 10.5. The molecular formula is C37H39F3N4O5Si. The number of hydrogen-bond donors (Lipinski definition) is 1. The van der Waals surface area contributed by atoms with Gasteiger partial charge in [0, 0.05) is 63.8 Å². The molecule has 262 valence electrons. The van der Waals surface area contributed by atoms with Crippen molar-refractivity contribution in [2.24, 2.45) is 0 Å². The van der Waals surface area contributed by atoms with Crippen LogP contribution in [0.1, 0.15) is 42.5 Å². The average molecular weight is 705 g/mol. The van der Waals surface area contributed by atoms with Crippen LogP contribution in [0.4, 0.5) is 19.0 Å². The lowest BCUT2D eigenvalue weighted by Gasteiger charge is -2.18. The summed E-state index contributed by atoms with van der Waals surface area (Å²) in [5, 5.41) is 14.2. The van der Waals surface area contributed by atoms with Gasteiger partial charge in [-0.05, 0) is 48.7 Å². The smallest absolute Gasteiger partial charge is 0.310 e. The van der Waals surface area contributed by atoms with Crippen molar-refractivity contribution < 1.29 is 37.3 Å². The molecule has 3 heterocycles. The summed E-state index contributed by atoms with van der Waals surface area (Å²) >= 11 is 0. The van der Waals surface area contributed by atoms with Gasteiger partial charge in [-0.3, -0.25) is 14.5 Å². The van der Waals surface area contributed by atoms with E-state index in [1.54, 1.807) is 42.0 Å². The Kier molecular flexibility index (Phi) is 9.90. The van der Waals surface area contributed by atoms with Crippen LogP contribution in [0.5, 0.6) is 11.5 Å². The molecule has 3 aromatic carbocycles. The molecule has 2 aromatic heterocycles. The molecule has 1 aliphatic rings. The van der Waals surface area contributed by atoms with Gasteiger partial charge in [-0.1, -0.05) is 43.9 Å². The van der Waals surface area contributed by atoms with Crippen LogP contribution in [-0.4, -0.2) is 52.6 Å². The van der Waals surface area contributed by atoms with Crippen LogP contribution >= 0.6 is 0 Å². The van der Waals surface area contributed by atoms with E-state index in [2.05, 4.69) is 24.7 Å². The molecule has 0 aliphatic carbocycles. The van der Waals surface area contributed by atoms with Crippen molar-refractivity contribution in [3.8, 4) is 17.2 Å². The summed E-state index contributed by atoms with van der Waals surface area (Å²) < 4.78 is 61.1. The Hall–Kier alpha value is -4.88. The van der Waals surface area contributed by atoms with Gasteiger partial charge < -0.3 is 19.1 Å². The average Bonchev–Trinajstić information content (AvgIpc) is 3.79. The zero-order valence-electron chi connectivity index (χ0n) is 28.4. The molecule has 5 aromatic rings. The Balaban J connectivity index is 1.30. The van der Waals surface area contributed by atoms with Gasteiger partial charge >= 0.3 is 5.97 Å². The van der Waals surface area contributed by atoms with Crippen LogP contribution in [0.3, 0.4) is 0 Å². The van der Waals surface area contributed by atoms with E-state index in [0.717, 1.165) is 17.7 Å². The van der Waals surface area contributed by atoms with E-state index in [1.807, 2.05) is 6.07 Å². The molecule has 1 fully saturated rings. The predicted octanol–water partition coefficient (Wildman–Crippen LogP) is 8.25. The van der Waals surface area contributed by atoms with E-state index in [1.165, 1.54) is 33.8 Å². The van der Waals surface area contributed by atoms with Gasteiger partial charge in [0.25, 0.3) is 0 Å². The van der Waals surface area contributed by atoms with Gasteiger partial charge in [-0.15, -0.1) is 0 Å². The molecule has 0 spiro atoms. The first-order valence-electron chi connectivity index (χ1n) is 16.5. The third-order valence-electron chi connectivity index (χ3n) is 8.81. The number of halogens is 3. The summed E-state index contributed by atoms with van der Waals surface area (Å²) in [6, 6.07) is 16.1. The Labute approximate surface area is 288 Å². The number of carboxylic acid groups (broad SMARTS) is 1. The molecule has 1 aliphatic heterocycles. The number of amides is 1. The van der Waals surface area contributed by atoms with Gasteiger partial charge in [0.05, 0.1) is 17.1 Å². The topological polar surface area (TPSA) is 98.8 Å². The molecule has 1 N–H and O–H groups in total. The number of carbonyl (C=O) groups is 2. The molecule has 1 unspecified atom stereocenters. The van der Waals surface area contributed by atoms with Crippen LogP contribution in [0.25, 0.3) is 16.6 Å². The Morgan fingerprint density at radius 2 is 1.84 bits per heavy atom. The summed E-state index contributed by atoms with van der Waals surface area (Å²) in [6.45, 7) is 9.44. The molecule has 0 saturated carbocycles. The van der Waals surface area contributed by atoms with E-state index < -0.39 is 43.2 Å². The molecule has 50 heavy (non-hydrogen) atoms. The van der Waals surface area contributed by atoms with E-state index >= 15 is 13.2 Å². The summed E-state index contributed by atoms with van der Waals surface area (Å²) in [5.41, 5.74) is 2.14. The standard InChI is InChI=1S/C37H39F3N4O5Si/c1-23(37(46)47)25-8-5-7-24(17-25)18-26-19-33(43-13-6-9-34(43)45)44(41-26)32-20-27(10-11-29(32)38)49-36-30(39)21-31-28(35(36)40)12-14-42(31)22-48-15-16-50(2,3)4/h5,7-8,10-12,14,17,19-21,23H,6,9,13,15-16,18,22H2,1-4H3,(H,46,47). The summed E-state index contributed by atoms with van der Waals surface area (Å²) in [4.78, 5) is 25.9. The third kappa shape index (κ3) is 7.48. The molecular weight excluding hydrogens is 666 g/mol. The van der Waals surface area contributed by atoms with Gasteiger partial charge in [0.15, 0.2) is 17.4 Å². The van der Waals surface area contributed by atoms with Crippen molar-refractivity contribution in [3.05, 3.63) is 101 Å². The number of aliphatic carboxylic acids is 1. The van der Waals surface area contributed by atoms with Crippen LogP contribution in [-0.2, 0) is 27.5 Å². The van der Waals surface area contributed by atoms with Crippen LogP contribution in [0.2, 0.25) is 25.7 Å². The minimum absolute atomic E-state index is 0.0428. The number of carboxylic acids is 1. The number of anilines is 1. The maximum atomic E-state index is 15.7. The lowest BCUT2D eigenvalue weighted by Crippen LogP contribution is -2.26. The fourth-order valence-corrected chi connectivity index (χ4v) is 6.67. The summed E-state index contributed by atoms with van der Waals surface area (Å²) in [6.07, 6.45) is 2.85. The zero-order chi connectivity index (χ0) is 35.7. The number of benzene rings is 3. The fourth-order valence-electron chi connectivity index (χ4n) is 5.92. The first-order valence-corrected chi connectivity index (χ1v) is 20.2. The number of ether oxygens (including phenoxy) is 2. The number of rotatable bonds is 13. The normalized spacial score (nSPS) is 14.1. The second-order valence-corrected chi connectivity index (χ2v) is 19.4. The number of aromatic nitrogens is 3. The summed E-state index contributed by atoms with van der Waals surface area (Å²) in [5.74, 6) is -4.69. The lowest BCUT2D eigenvalue weighted by atomic mass is 9.98. The molecule has 9 nitrogen and oxygen atoms in total. The quantitative estimate of drug-likeness (QED) is 0.0979. The number of fused-ring (bicyclic) bond motifs is 1. The van der Waals surface area contributed by atoms with Crippen molar-refractivity contribution in [2.75, 3.05) is 18.1 Å². The maximum Gasteiger partial charge on any atom is 0.310 e. The van der Waals surface area contributed by atoms with E-state index in [9.17, 15) is 14.7 Å². The second kappa shape index (κ2) is 14.2. The van der Waals surface area contributed by atoms with Gasteiger partial charge in [0.2, 0.25) is 5.91 Å². The highest BCUT2D eigenvalue weighted by atomic mass is 28.3. The number of hydrogen-bond acceptors (Lipinski definition) is 5. The van der Waals surface area contributed by atoms with Crippen LogP contribution in [0.15, 0.2) is 66.9 Å². The number of nitrogens with zero attached hydrogens (tertiary/aromatic N) is 4.